The van der Waals surface area contributed by atoms with Crippen LogP contribution in [0.3, 0.4) is 0 Å². The van der Waals surface area contributed by atoms with Crippen molar-refractivity contribution in [2.45, 2.75) is 39.7 Å². The van der Waals surface area contributed by atoms with Gasteiger partial charge in [0.25, 0.3) is 0 Å². The molecule has 1 N–H and O–H groups in total. The van der Waals surface area contributed by atoms with Gasteiger partial charge in [0.05, 0.1) is 6.54 Å². The van der Waals surface area contributed by atoms with Crippen LogP contribution < -0.4 is 10.2 Å². The van der Waals surface area contributed by atoms with Crippen molar-refractivity contribution in [3.8, 4) is 0 Å². The van der Waals surface area contributed by atoms with E-state index < -0.39 is 0 Å². The van der Waals surface area contributed by atoms with Gasteiger partial charge in [-0.05, 0) is 43.9 Å². The summed E-state index contributed by atoms with van der Waals surface area (Å²) in [4.78, 5) is 27.4. The Morgan fingerprint density at radius 3 is 2.52 bits per heavy atom. The molecule has 23 heavy (non-hydrogen) atoms. The maximum atomic E-state index is 12.3. The summed E-state index contributed by atoms with van der Waals surface area (Å²) < 4.78 is 0. The Labute approximate surface area is 138 Å². The third-order valence-electron chi connectivity index (χ3n) is 4.46. The number of likely N-dealkylation sites (tertiary alicyclic amines) is 1. The summed E-state index contributed by atoms with van der Waals surface area (Å²) in [6.07, 6.45) is 1.66. The number of anilines is 1. The lowest BCUT2D eigenvalue weighted by Crippen LogP contribution is -2.48. The number of likely N-dealkylation sites (N-methyl/N-ethyl adjacent to an activating group) is 1. The summed E-state index contributed by atoms with van der Waals surface area (Å²) in [7, 11) is 1.94. The van der Waals surface area contributed by atoms with Crippen LogP contribution in [0, 0.1) is 13.8 Å². The largest absolute Gasteiger partial charge is 0.365 e. The van der Waals surface area contributed by atoms with Gasteiger partial charge in [0.1, 0.15) is 0 Å². The minimum Gasteiger partial charge on any atom is -0.365 e. The maximum Gasteiger partial charge on any atom is 0.239 e. The van der Waals surface area contributed by atoms with Crippen LogP contribution in [0.4, 0.5) is 5.69 Å². The molecule has 1 aromatic carbocycles. The molecule has 1 aromatic rings. The van der Waals surface area contributed by atoms with Crippen molar-refractivity contribution in [3.05, 3.63) is 29.3 Å². The van der Waals surface area contributed by atoms with Gasteiger partial charge >= 0.3 is 0 Å². The highest BCUT2D eigenvalue weighted by atomic mass is 16.2. The zero-order chi connectivity index (χ0) is 17.0. The van der Waals surface area contributed by atoms with Gasteiger partial charge in [0.2, 0.25) is 11.8 Å². The van der Waals surface area contributed by atoms with Crippen molar-refractivity contribution >= 4 is 17.5 Å². The first-order valence-corrected chi connectivity index (χ1v) is 8.20. The Morgan fingerprint density at radius 1 is 1.26 bits per heavy atom. The average molecular weight is 317 g/mol. The molecule has 0 spiro atoms. The fraction of sp³-hybridized carbons (Fsp3) is 0.556. The van der Waals surface area contributed by atoms with E-state index in [4.69, 9.17) is 0 Å². The Morgan fingerprint density at radius 2 is 1.91 bits per heavy atom. The number of carbonyl (C=O) groups is 2. The SMILES string of the molecule is CC(=O)N1CCC(NC(=O)CN(C)c2cc(C)ccc2C)CC1. The molecule has 0 aromatic heterocycles. The van der Waals surface area contributed by atoms with Crippen molar-refractivity contribution in [2.75, 3.05) is 31.6 Å². The minimum absolute atomic E-state index is 0.0367. The highest BCUT2D eigenvalue weighted by Crippen LogP contribution is 2.20. The molecule has 2 amide bonds. The molecule has 0 bridgehead atoms. The van der Waals surface area contributed by atoms with E-state index in [-0.39, 0.29) is 17.9 Å². The fourth-order valence-electron chi connectivity index (χ4n) is 3.04. The van der Waals surface area contributed by atoms with Gasteiger partial charge in [-0.25, -0.2) is 0 Å². The van der Waals surface area contributed by atoms with E-state index in [9.17, 15) is 9.59 Å². The number of nitrogens with one attached hydrogen (secondary N) is 1. The van der Waals surface area contributed by atoms with Crippen LogP contribution in [0.2, 0.25) is 0 Å². The predicted octanol–water partition coefficient (Wildman–Crippen LogP) is 1.87. The molecule has 0 unspecified atom stereocenters. The molecule has 1 fully saturated rings. The van der Waals surface area contributed by atoms with Gasteiger partial charge in [-0.1, -0.05) is 12.1 Å². The van der Waals surface area contributed by atoms with Crippen molar-refractivity contribution in [1.82, 2.24) is 10.2 Å². The molecular weight excluding hydrogens is 290 g/mol. The van der Waals surface area contributed by atoms with Crippen LogP contribution in [-0.4, -0.2) is 49.4 Å². The van der Waals surface area contributed by atoms with Crippen molar-refractivity contribution in [2.24, 2.45) is 0 Å². The van der Waals surface area contributed by atoms with E-state index >= 15 is 0 Å². The molecule has 5 nitrogen and oxygen atoms in total. The second kappa shape index (κ2) is 7.49. The topological polar surface area (TPSA) is 52.7 Å². The van der Waals surface area contributed by atoms with E-state index in [0.29, 0.717) is 6.54 Å². The number of aryl methyl sites for hydroxylation is 2. The van der Waals surface area contributed by atoms with Crippen LogP contribution >= 0.6 is 0 Å². The summed E-state index contributed by atoms with van der Waals surface area (Å²) >= 11 is 0. The first kappa shape index (κ1) is 17.3. The lowest BCUT2D eigenvalue weighted by Gasteiger charge is -2.32. The van der Waals surface area contributed by atoms with E-state index in [1.54, 1.807) is 6.92 Å². The third kappa shape index (κ3) is 4.71. The number of hydrogen-bond donors (Lipinski definition) is 1. The second-order valence-electron chi connectivity index (χ2n) is 6.49. The Hall–Kier alpha value is -2.04. The molecule has 0 radical (unpaired) electrons. The number of nitrogens with zero attached hydrogens (tertiary/aromatic N) is 2. The third-order valence-corrected chi connectivity index (χ3v) is 4.46. The van der Waals surface area contributed by atoms with Crippen LogP contribution in [-0.2, 0) is 9.59 Å². The van der Waals surface area contributed by atoms with Crippen LogP contribution in [0.1, 0.15) is 30.9 Å². The van der Waals surface area contributed by atoms with Gasteiger partial charge in [0.15, 0.2) is 0 Å². The molecule has 0 aliphatic carbocycles. The quantitative estimate of drug-likeness (QED) is 0.922. The number of piperidine rings is 1. The molecule has 0 saturated carbocycles. The lowest BCUT2D eigenvalue weighted by atomic mass is 10.0. The second-order valence-corrected chi connectivity index (χ2v) is 6.49. The van der Waals surface area contributed by atoms with Crippen molar-refractivity contribution < 1.29 is 9.59 Å². The summed E-state index contributed by atoms with van der Waals surface area (Å²) in [5.74, 6) is 0.152. The number of carbonyl (C=O) groups excluding carboxylic acids is 2. The Bertz CT molecular complexity index is 578. The monoisotopic (exact) mass is 317 g/mol. The summed E-state index contributed by atoms with van der Waals surface area (Å²) in [5.41, 5.74) is 3.45. The fourth-order valence-corrected chi connectivity index (χ4v) is 3.04. The maximum absolute atomic E-state index is 12.3. The van der Waals surface area contributed by atoms with Crippen LogP contribution in [0.15, 0.2) is 18.2 Å². The molecule has 126 valence electrons. The van der Waals surface area contributed by atoms with Crippen molar-refractivity contribution in [3.63, 3.8) is 0 Å². The molecule has 5 heteroatoms. The van der Waals surface area contributed by atoms with Crippen molar-refractivity contribution in [1.29, 1.82) is 0 Å². The van der Waals surface area contributed by atoms with E-state index in [2.05, 4.69) is 37.4 Å². The molecule has 1 aliphatic rings. The highest BCUT2D eigenvalue weighted by Gasteiger charge is 2.22. The summed E-state index contributed by atoms with van der Waals surface area (Å²) in [5, 5.41) is 3.09. The standard InChI is InChI=1S/C18H27N3O2/c1-13-5-6-14(2)17(11-13)20(4)12-18(23)19-16-7-9-21(10-8-16)15(3)22/h5-6,11,16H,7-10,12H2,1-4H3,(H,19,23). The highest BCUT2D eigenvalue weighted by molar-refractivity contribution is 5.82. The van der Waals surface area contributed by atoms with Gasteiger partial charge < -0.3 is 15.1 Å². The zero-order valence-electron chi connectivity index (χ0n) is 14.6. The van der Waals surface area contributed by atoms with Gasteiger partial charge in [-0.2, -0.15) is 0 Å². The molecule has 1 aliphatic heterocycles. The molecule has 1 saturated heterocycles. The first-order valence-electron chi connectivity index (χ1n) is 8.20. The lowest BCUT2D eigenvalue weighted by molar-refractivity contribution is -0.130. The summed E-state index contributed by atoms with van der Waals surface area (Å²) in [6, 6.07) is 6.44. The molecular formula is C18H27N3O2. The van der Waals surface area contributed by atoms with E-state index in [0.717, 1.165) is 31.6 Å². The number of amides is 2. The number of hydrogen-bond acceptors (Lipinski definition) is 3. The molecule has 1 heterocycles. The van der Waals surface area contributed by atoms with E-state index in [1.807, 2.05) is 16.8 Å². The smallest absolute Gasteiger partial charge is 0.239 e. The van der Waals surface area contributed by atoms with Gasteiger partial charge in [0, 0.05) is 38.8 Å². The van der Waals surface area contributed by atoms with Crippen LogP contribution in [0.5, 0.6) is 0 Å². The Kier molecular flexibility index (Phi) is 5.64. The molecule has 0 atom stereocenters. The van der Waals surface area contributed by atoms with E-state index in [1.165, 1.54) is 11.1 Å². The number of benzene rings is 1. The molecule has 2 rings (SSSR count). The number of rotatable bonds is 4. The van der Waals surface area contributed by atoms with Gasteiger partial charge in [-0.3, -0.25) is 9.59 Å². The van der Waals surface area contributed by atoms with Crippen LogP contribution in [0.25, 0.3) is 0 Å². The average Bonchev–Trinajstić information content (AvgIpc) is 2.50. The first-order chi connectivity index (χ1) is 10.9. The minimum atomic E-state index is 0.0367. The van der Waals surface area contributed by atoms with Gasteiger partial charge in [-0.15, -0.1) is 0 Å². The Balaban J connectivity index is 1.85. The zero-order valence-corrected chi connectivity index (χ0v) is 14.6. The predicted molar refractivity (Wildman–Crippen MR) is 92.6 cm³/mol. The normalized spacial score (nSPS) is 15.4. The summed E-state index contributed by atoms with van der Waals surface area (Å²) in [6.45, 7) is 7.51.